The monoisotopic (exact) mass is 301 g/mol. The van der Waals surface area contributed by atoms with Gasteiger partial charge in [0.15, 0.2) is 5.78 Å². The summed E-state index contributed by atoms with van der Waals surface area (Å²) in [4.78, 5) is 12.5. The van der Waals surface area contributed by atoms with Crippen LogP contribution in [-0.4, -0.2) is 35.3 Å². The molecule has 0 saturated heterocycles. The molecule has 1 heterocycles. The van der Waals surface area contributed by atoms with Gasteiger partial charge in [0.1, 0.15) is 5.69 Å². The van der Waals surface area contributed by atoms with E-state index in [9.17, 15) is 4.79 Å². The second kappa shape index (κ2) is 8.39. The average Bonchev–Trinajstić information content (AvgIpc) is 2.76. The van der Waals surface area contributed by atoms with Gasteiger partial charge in [-0.15, -0.1) is 0 Å². The van der Waals surface area contributed by atoms with Crippen molar-refractivity contribution >= 4 is 17.4 Å². The topological polar surface area (TPSA) is 70.1 Å². The van der Waals surface area contributed by atoms with E-state index in [1.165, 1.54) is 6.20 Å². The maximum Gasteiger partial charge on any atom is 0.185 e. The van der Waals surface area contributed by atoms with Crippen LogP contribution in [0.3, 0.4) is 0 Å². The predicted molar refractivity (Wildman–Crippen MR) is 80.1 cm³/mol. The Balaban J connectivity index is 2.67. The quantitative estimate of drug-likeness (QED) is 0.712. The van der Waals surface area contributed by atoms with Gasteiger partial charge in [-0.05, 0) is 19.8 Å². The number of methoxy groups -OCH3 is 1. The minimum absolute atomic E-state index is 0.0354. The number of carbonyl (C=O) groups excluding carboxylic acids is 1. The molecule has 2 atom stereocenters. The smallest absolute Gasteiger partial charge is 0.185 e. The van der Waals surface area contributed by atoms with Gasteiger partial charge in [-0.25, -0.2) is 0 Å². The Morgan fingerprint density at radius 1 is 1.50 bits per heavy atom. The molecule has 0 spiro atoms. The Hall–Kier alpha value is -0.910. The Bertz CT molecular complexity index is 432. The lowest BCUT2D eigenvalue weighted by Gasteiger charge is -2.13. The zero-order valence-electron chi connectivity index (χ0n) is 12.4. The Morgan fingerprint density at radius 3 is 2.80 bits per heavy atom. The fraction of sp³-hybridized carbons (Fsp3) is 0.714. The van der Waals surface area contributed by atoms with Gasteiger partial charge >= 0.3 is 0 Å². The standard InChI is InChI=1S/C14H24ClN3O2/c1-10(5-4-6-11(2)16)14(19)13-12(15)9-17-18(13)7-8-20-3/h9-11H,4-8,16H2,1-3H3. The van der Waals surface area contributed by atoms with Gasteiger partial charge in [0.2, 0.25) is 0 Å². The van der Waals surface area contributed by atoms with Crippen LogP contribution in [0.5, 0.6) is 0 Å². The molecule has 0 radical (unpaired) electrons. The number of aromatic nitrogens is 2. The van der Waals surface area contributed by atoms with Crippen molar-refractivity contribution in [3.05, 3.63) is 16.9 Å². The SMILES string of the molecule is COCCn1ncc(Cl)c1C(=O)C(C)CCCC(C)N. The number of ether oxygens (including phenoxy) is 1. The minimum atomic E-state index is -0.0794. The highest BCUT2D eigenvalue weighted by atomic mass is 35.5. The summed E-state index contributed by atoms with van der Waals surface area (Å²) in [5.41, 5.74) is 6.20. The van der Waals surface area contributed by atoms with E-state index < -0.39 is 0 Å². The van der Waals surface area contributed by atoms with E-state index in [2.05, 4.69) is 5.10 Å². The highest BCUT2D eigenvalue weighted by Gasteiger charge is 2.22. The summed E-state index contributed by atoms with van der Waals surface area (Å²) in [5.74, 6) is -0.0440. The van der Waals surface area contributed by atoms with E-state index in [0.29, 0.717) is 23.9 Å². The normalized spacial score (nSPS) is 14.2. The molecule has 2 N–H and O–H groups in total. The summed E-state index contributed by atoms with van der Waals surface area (Å²) in [6.45, 7) is 4.92. The molecule has 1 aromatic heterocycles. The van der Waals surface area contributed by atoms with Crippen molar-refractivity contribution in [3.63, 3.8) is 0 Å². The van der Waals surface area contributed by atoms with Gasteiger partial charge in [0.25, 0.3) is 0 Å². The molecule has 0 bridgehead atoms. The molecule has 20 heavy (non-hydrogen) atoms. The van der Waals surface area contributed by atoms with Crippen LogP contribution in [-0.2, 0) is 11.3 Å². The van der Waals surface area contributed by atoms with Gasteiger partial charge in [0.05, 0.1) is 24.4 Å². The van der Waals surface area contributed by atoms with Gasteiger partial charge < -0.3 is 10.5 Å². The number of halogens is 1. The van der Waals surface area contributed by atoms with Crippen molar-refractivity contribution in [2.45, 2.75) is 45.7 Å². The first kappa shape index (κ1) is 17.1. The van der Waals surface area contributed by atoms with Crippen LogP contribution in [0.2, 0.25) is 5.02 Å². The molecule has 0 amide bonds. The third kappa shape index (κ3) is 4.89. The fourth-order valence-corrected chi connectivity index (χ4v) is 2.30. The van der Waals surface area contributed by atoms with Gasteiger partial charge in [-0.2, -0.15) is 5.10 Å². The maximum absolute atomic E-state index is 12.5. The number of nitrogens with two attached hydrogens (primary N) is 1. The molecule has 1 aromatic rings. The molecule has 0 aliphatic carbocycles. The molecule has 114 valence electrons. The van der Waals surface area contributed by atoms with Crippen molar-refractivity contribution < 1.29 is 9.53 Å². The van der Waals surface area contributed by atoms with Crippen LogP contribution in [0.25, 0.3) is 0 Å². The minimum Gasteiger partial charge on any atom is -0.383 e. The number of nitrogens with zero attached hydrogens (tertiary/aromatic N) is 2. The van der Waals surface area contributed by atoms with E-state index in [-0.39, 0.29) is 17.7 Å². The first-order valence-corrected chi connectivity index (χ1v) is 7.35. The number of ketones is 1. The number of carbonyl (C=O) groups is 1. The van der Waals surface area contributed by atoms with Crippen molar-refractivity contribution in [1.82, 2.24) is 9.78 Å². The summed E-state index contributed by atoms with van der Waals surface area (Å²) < 4.78 is 6.63. The van der Waals surface area contributed by atoms with Gasteiger partial charge in [0, 0.05) is 19.1 Å². The van der Waals surface area contributed by atoms with E-state index in [4.69, 9.17) is 22.1 Å². The van der Waals surface area contributed by atoms with E-state index in [0.717, 1.165) is 19.3 Å². The van der Waals surface area contributed by atoms with E-state index in [1.807, 2.05) is 13.8 Å². The van der Waals surface area contributed by atoms with Crippen LogP contribution in [0.1, 0.15) is 43.6 Å². The summed E-state index contributed by atoms with van der Waals surface area (Å²) >= 11 is 6.08. The van der Waals surface area contributed by atoms with Crippen LogP contribution in [0.4, 0.5) is 0 Å². The van der Waals surface area contributed by atoms with Crippen molar-refractivity contribution in [2.75, 3.05) is 13.7 Å². The molecular weight excluding hydrogens is 278 g/mol. The molecule has 1 rings (SSSR count). The molecule has 0 aromatic carbocycles. The number of hydrogen-bond donors (Lipinski definition) is 1. The average molecular weight is 302 g/mol. The first-order chi connectivity index (χ1) is 9.47. The Kier molecular flexibility index (Phi) is 7.19. The molecule has 0 fully saturated rings. The molecule has 0 aliphatic rings. The molecule has 6 heteroatoms. The lowest BCUT2D eigenvalue weighted by Crippen LogP contribution is -2.20. The summed E-state index contributed by atoms with van der Waals surface area (Å²) in [5, 5.41) is 4.54. The van der Waals surface area contributed by atoms with E-state index >= 15 is 0 Å². The highest BCUT2D eigenvalue weighted by molar-refractivity contribution is 6.33. The maximum atomic E-state index is 12.5. The highest BCUT2D eigenvalue weighted by Crippen LogP contribution is 2.22. The molecule has 2 unspecified atom stereocenters. The largest absolute Gasteiger partial charge is 0.383 e. The molecule has 0 aliphatic heterocycles. The van der Waals surface area contributed by atoms with Crippen molar-refractivity contribution in [3.8, 4) is 0 Å². The van der Waals surface area contributed by atoms with Crippen LogP contribution in [0, 0.1) is 5.92 Å². The third-order valence-electron chi connectivity index (χ3n) is 3.28. The lowest BCUT2D eigenvalue weighted by atomic mass is 9.96. The molecule has 0 saturated carbocycles. The van der Waals surface area contributed by atoms with Gasteiger partial charge in [-0.1, -0.05) is 24.9 Å². The van der Waals surface area contributed by atoms with Crippen LogP contribution < -0.4 is 5.73 Å². The summed E-state index contributed by atoms with van der Waals surface area (Å²) in [7, 11) is 1.61. The first-order valence-electron chi connectivity index (χ1n) is 6.97. The van der Waals surface area contributed by atoms with Gasteiger partial charge in [-0.3, -0.25) is 9.48 Å². The van der Waals surface area contributed by atoms with Crippen molar-refractivity contribution in [1.29, 1.82) is 0 Å². The number of Topliss-reactive ketones (excluding diaryl/α,β-unsaturated/α-hetero) is 1. The summed E-state index contributed by atoms with van der Waals surface area (Å²) in [6, 6.07) is 0.174. The fourth-order valence-electron chi connectivity index (χ4n) is 2.07. The predicted octanol–water partition coefficient (Wildman–Crippen LogP) is 2.52. The zero-order valence-corrected chi connectivity index (χ0v) is 13.2. The summed E-state index contributed by atoms with van der Waals surface area (Å²) in [6.07, 6.45) is 4.19. The number of rotatable bonds is 9. The number of hydrogen-bond acceptors (Lipinski definition) is 4. The lowest BCUT2D eigenvalue weighted by molar-refractivity contribution is 0.0907. The second-order valence-corrected chi connectivity index (χ2v) is 5.64. The molecule has 5 nitrogen and oxygen atoms in total. The second-order valence-electron chi connectivity index (χ2n) is 5.23. The zero-order chi connectivity index (χ0) is 15.1. The van der Waals surface area contributed by atoms with Crippen molar-refractivity contribution in [2.24, 2.45) is 11.7 Å². The Labute approximate surface area is 125 Å². The van der Waals surface area contributed by atoms with Crippen LogP contribution in [0.15, 0.2) is 6.20 Å². The molecular formula is C14H24ClN3O2. The Morgan fingerprint density at radius 2 is 2.20 bits per heavy atom. The third-order valence-corrected chi connectivity index (χ3v) is 3.56. The van der Waals surface area contributed by atoms with Crippen LogP contribution >= 0.6 is 11.6 Å². The van der Waals surface area contributed by atoms with E-state index in [1.54, 1.807) is 11.8 Å².